The smallest absolute Gasteiger partial charge is 0.237 e. The Morgan fingerprint density at radius 1 is 1.04 bits per heavy atom. The molecule has 126 valence electrons. The van der Waals surface area contributed by atoms with E-state index >= 15 is 0 Å². The second kappa shape index (κ2) is 7.92. The predicted octanol–water partition coefficient (Wildman–Crippen LogP) is 4.04. The van der Waals surface area contributed by atoms with Crippen LogP contribution in [0, 0.1) is 11.6 Å². The van der Waals surface area contributed by atoms with E-state index in [0.29, 0.717) is 11.8 Å². The fraction of sp³-hybridized carbons (Fsp3) is 0.176. The van der Waals surface area contributed by atoms with E-state index < -0.39 is 22.8 Å². The van der Waals surface area contributed by atoms with Gasteiger partial charge in [-0.25, -0.2) is 8.78 Å². The first-order valence-corrected chi connectivity index (χ1v) is 8.03. The predicted molar refractivity (Wildman–Crippen MR) is 91.1 cm³/mol. The molecule has 0 spiro atoms. The highest BCUT2D eigenvalue weighted by molar-refractivity contribution is 8.00. The summed E-state index contributed by atoms with van der Waals surface area (Å²) in [6, 6.07) is 9.99. The van der Waals surface area contributed by atoms with Crippen LogP contribution in [-0.2, 0) is 9.59 Å². The molecule has 2 rings (SSSR count). The number of hydrogen-bond acceptors (Lipinski definition) is 3. The van der Waals surface area contributed by atoms with Crippen molar-refractivity contribution in [1.29, 1.82) is 0 Å². The Kier molecular flexibility index (Phi) is 5.92. The first-order chi connectivity index (χ1) is 11.3. The molecule has 2 N–H and O–H groups in total. The molecular formula is C17H16F2N2O2S. The second-order valence-electron chi connectivity index (χ2n) is 5.08. The molecular weight excluding hydrogens is 334 g/mol. The van der Waals surface area contributed by atoms with Crippen LogP contribution in [0.2, 0.25) is 0 Å². The summed E-state index contributed by atoms with van der Waals surface area (Å²) in [4.78, 5) is 23.9. The summed E-state index contributed by atoms with van der Waals surface area (Å²) < 4.78 is 26.4. The molecule has 2 aromatic carbocycles. The van der Waals surface area contributed by atoms with E-state index in [1.165, 1.54) is 24.8 Å². The molecule has 2 aromatic rings. The monoisotopic (exact) mass is 350 g/mol. The molecule has 4 nitrogen and oxygen atoms in total. The van der Waals surface area contributed by atoms with Gasteiger partial charge in [0.25, 0.3) is 0 Å². The lowest BCUT2D eigenvalue weighted by Crippen LogP contribution is -2.23. The normalized spacial score (nSPS) is 11.7. The lowest BCUT2D eigenvalue weighted by molar-refractivity contribution is -0.115. The van der Waals surface area contributed by atoms with Gasteiger partial charge >= 0.3 is 0 Å². The van der Waals surface area contributed by atoms with Gasteiger partial charge in [0, 0.05) is 23.6 Å². The van der Waals surface area contributed by atoms with Crippen LogP contribution in [0.5, 0.6) is 0 Å². The molecule has 0 aromatic heterocycles. The van der Waals surface area contributed by atoms with Gasteiger partial charge < -0.3 is 10.6 Å². The molecule has 0 radical (unpaired) electrons. The van der Waals surface area contributed by atoms with Crippen molar-refractivity contribution < 1.29 is 18.4 Å². The van der Waals surface area contributed by atoms with Crippen LogP contribution in [0.4, 0.5) is 20.2 Å². The Morgan fingerprint density at radius 2 is 1.71 bits per heavy atom. The molecule has 0 heterocycles. The quantitative estimate of drug-likeness (QED) is 0.800. The van der Waals surface area contributed by atoms with E-state index in [2.05, 4.69) is 10.6 Å². The summed E-state index contributed by atoms with van der Waals surface area (Å²) in [5.74, 6) is -2.08. The minimum absolute atomic E-state index is 0.0603. The fourth-order valence-corrected chi connectivity index (χ4v) is 2.77. The van der Waals surface area contributed by atoms with Gasteiger partial charge in [-0.3, -0.25) is 9.59 Å². The van der Waals surface area contributed by atoms with Gasteiger partial charge in [0.1, 0.15) is 11.6 Å². The number of carbonyl (C=O) groups is 2. The SMILES string of the molecule is CC(=O)Nc1ccc(S[C@H](C)C(=O)Nc2ccc(F)cc2F)cc1. The van der Waals surface area contributed by atoms with E-state index in [-0.39, 0.29) is 11.6 Å². The van der Waals surface area contributed by atoms with Crippen LogP contribution in [0.3, 0.4) is 0 Å². The number of rotatable bonds is 5. The molecule has 0 unspecified atom stereocenters. The molecule has 0 bridgehead atoms. The topological polar surface area (TPSA) is 58.2 Å². The summed E-state index contributed by atoms with van der Waals surface area (Å²) in [5, 5.41) is 4.60. The molecule has 0 aliphatic rings. The number of halogens is 2. The Morgan fingerprint density at radius 3 is 2.29 bits per heavy atom. The number of anilines is 2. The number of benzene rings is 2. The first kappa shape index (κ1) is 17.9. The highest BCUT2D eigenvalue weighted by Gasteiger charge is 2.16. The van der Waals surface area contributed by atoms with Gasteiger partial charge in [-0.1, -0.05) is 0 Å². The fourth-order valence-electron chi connectivity index (χ4n) is 1.90. The van der Waals surface area contributed by atoms with E-state index in [1.54, 1.807) is 31.2 Å². The van der Waals surface area contributed by atoms with Crippen LogP contribution in [0.15, 0.2) is 47.4 Å². The average Bonchev–Trinajstić information content (AvgIpc) is 2.51. The molecule has 0 saturated heterocycles. The molecule has 7 heteroatoms. The Hall–Kier alpha value is -2.41. The third-order valence-electron chi connectivity index (χ3n) is 3.05. The van der Waals surface area contributed by atoms with Crippen LogP contribution in [0.25, 0.3) is 0 Å². The van der Waals surface area contributed by atoms with Gasteiger partial charge in [0.15, 0.2) is 0 Å². The van der Waals surface area contributed by atoms with Crippen molar-refractivity contribution >= 4 is 35.0 Å². The number of hydrogen-bond donors (Lipinski definition) is 2. The van der Waals surface area contributed by atoms with Crippen molar-refractivity contribution in [2.24, 2.45) is 0 Å². The molecule has 1 atom stereocenters. The van der Waals surface area contributed by atoms with Gasteiger partial charge in [0.05, 0.1) is 10.9 Å². The Balaban J connectivity index is 1.97. The summed E-state index contributed by atoms with van der Waals surface area (Å²) in [6.07, 6.45) is 0. The third-order valence-corrected chi connectivity index (χ3v) is 4.16. The molecule has 0 saturated carbocycles. The van der Waals surface area contributed by atoms with Crippen molar-refractivity contribution in [1.82, 2.24) is 0 Å². The second-order valence-corrected chi connectivity index (χ2v) is 6.49. The van der Waals surface area contributed by atoms with Gasteiger partial charge in [-0.15, -0.1) is 11.8 Å². The summed E-state index contributed by atoms with van der Waals surface area (Å²) in [7, 11) is 0. The number of thioether (sulfide) groups is 1. The van der Waals surface area contributed by atoms with Crippen LogP contribution < -0.4 is 10.6 Å². The Bertz CT molecular complexity index is 751. The maximum Gasteiger partial charge on any atom is 0.237 e. The zero-order valence-electron chi connectivity index (χ0n) is 13.1. The maximum absolute atomic E-state index is 13.6. The zero-order valence-corrected chi connectivity index (χ0v) is 13.9. The summed E-state index contributed by atoms with van der Waals surface area (Å²) in [5.41, 5.74) is 0.604. The minimum atomic E-state index is -0.819. The number of carbonyl (C=O) groups excluding carboxylic acids is 2. The van der Waals surface area contributed by atoms with Crippen molar-refractivity contribution in [3.05, 3.63) is 54.1 Å². The van der Waals surface area contributed by atoms with Crippen molar-refractivity contribution in [3.63, 3.8) is 0 Å². The molecule has 24 heavy (non-hydrogen) atoms. The summed E-state index contributed by atoms with van der Waals surface area (Å²) >= 11 is 1.29. The average molecular weight is 350 g/mol. The largest absolute Gasteiger partial charge is 0.326 e. The van der Waals surface area contributed by atoms with E-state index in [0.717, 1.165) is 11.0 Å². The van der Waals surface area contributed by atoms with Crippen LogP contribution in [0.1, 0.15) is 13.8 Å². The van der Waals surface area contributed by atoms with Gasteiger partial charge in [0.2, 0.25) is 11.8 Å². The van der Waals surface area contributed by atoms with E-state index in [4.69, 9.17) is 0 Å². The molecule has 2 amide bonds. The van der Waals surface area contributed by atoms with Crippen molar-refractivity contribution in [2.45, 2.75) is 24.0 Å². The molecule has 0 aliphatic heterocycles. The van der Waals surface area contributed by atoms with Crippen molar-refractivity contribution in [3.8, 4) is 0 Å². The summed E-state index contributed by atoms with van der Waals surface area (Å²) in [6.45, 7) is 3.10. The van der Waals surface area contributed by atoms with E-state index in [1.807, 2.05) is 0 Å². The lowest BCUT2D eigenvalue weighted by atomic mass is 10.3. The third kappa shape index (κ3) is 5.06. The maximum atomic E-state index is 13.6. The molecule has 0 aliphatic carbocycles. The van der Waals surface area contributed by atoms with Gasteiger partial charge in [-0.2, -0.15) is 0 Å². The zero-order chi connectivity index (χ0) is 17.7. The molecule has 0 fully saturated rings. The van der Waals surface area contributed by atoms with E-state index in [9.17, 15) is 18.4 Å². The van der Waals surface area contributed by atoms with Crippen LogP contribution in [-0.4, -0.2) is 17.1 Å². The number of nitrogens with one attached hydrogen (secondary N) is 2. The Labute approximate surface area is 142 Å². The highest BCUT2D eigenvalue weighted by Crippen LogP contribution is 2.26. The van der Waals surface area contributed by atoms with Crippen molar-refractivity contribution in [2.75, 3.05) is 10.6 Å². The number of amides is 2. The van der Waals surface area contributed by atoms with Gasteiger partial charge in [-0.05, 0) is 43.3 Å². The first-order valence-electron chi connectivity index (χ1n) is 7.15. The minimum Gasteiger partial charge on any atom is -0.326 e. The lowest BCUT2D eigenvalue weighted by Gasteiger charge is -2.13. The highest BCUT2D eigenvalue weighted by atomic mass is 32.2. The standard InChI is InChI=1S/C17H16F2N2O2S/c1-10(17(23)21-16-8-3-12(18)9-15(16)19)24-14-6-4-13(5-7-14)20-11(2)22/h3-10H,1-2H3,(H,20,22)(H,21,23)/t10-/m1/s1. The van der Waals surface area contributed by atoms with Crippen LogP contribution >= 0.6 is 11.8 Å².